The standard InChI is InChI=1S/C13H13BrN2O/c14-12-9-15-7-6-13(12)16-8-5-10-1-3-11(17)4-2-10/h1-4,6-7,9,17H,5,8H2,(H,15,16). The maximum Gasteiger partial charge on any atom is 0.115 e. The Kier molecular flexibility index (Phi) is 3.98. The molecular weight excluding hydrogens is 280 g/mol. The van der Waals surface area contributed by atoms with Crippen molar-refractivity contribution in [2.75, 3.05) is 11.9 Å². The van der Waals surface area contributed by atoms with Crippen molar-refractivity contribution in [1.82, 2.24) is 4.98 Å². The van der Waals surface area contributed by atoms with Gasteiger partial charge in [0, 0.05) is 18.9 Å². The van der Waals surface area contributed by atoms with E-state index < -0.39 is 0 Å². The van der Waals surface area contributed by atoms with Crippen molar-refractivity contribution in [2.45, 2.75) is 6.42 Å². The van der Waals surface area contributed by atoms with Gasteiger partial charge in [0.1, 0.15) is 5.75 Å². The van der Waals surface area contributed by atoms with Crippen LogP contribution >= 0.6 is 15.9 Å². The third kappa shape index (κ3) is 3.46. The molecule has 0 unspecified atom stereocenters. The molecule has 0 amide bonds. The van der Waals surface area contributed by atoms with E-state index in [1.54, 1.807) is 24.5 Å². The van der Waals surface area contributed by atoms with Gasteiger partial charge in [-0.1, -0.05) is 12.1 Å². The van der Waals surface area contributed by atoms with Crippen LogP contribution in [0.4, 0.5) is 5.69 Å². The number of anilines is 1. The van der Waals surface area contributed by atoms with Crippen molar-refractivity contribution in [2.24, 2.45) is 0 Å². The Hall–Kier alpha value is -1.55. The normalized spacial score (nSPS) is 10.2. The molecule has 0 aliphatic heterocycles. The number of aromatic hydroxyl groups is 1. The fourth-order valence-corrected chi connectivity index (χ4v) is 1.91. The Bertz CT molecular complexity index is 485. The van der Waals surface area contributed by atoms with Crippen LogP contribution in [0.25, 0.3) is 0 Å². The molecule has 88 valence electrons. The van der Waals surface area contributed by atoms with Crippen LogP contribution in [0.2, 0.25) is 0 Å². The molecule has 1 aromatic carbocycles. The smallest absolute Gasteiger partial charge is 0.115 e. The lowest BCUT2D eigenvalue weighted by Crippen LogP contribution is -2.05. The second-order valence-corrected chi connectivity index (χ2v) is 4.55. The SMILES string of the molecule is Oc1ccc(CCNc2ccncc2Br)cc1. The van der Waals surface area contributed by atoms with Gasteiger partial charge in [-0.05, 0) is 46.1 Å². The van der Waals surface area contributed by atoms with Crippen LogP contribution in [-0.4, -0.2) is 16.6 Å². The van der Waals surface area contributed by atoms with E-state index in [-0.39, 0.29) is 0 Å². The Labute approximate surface area is 109 Å². The molecule has 1 aromatic heterocycles. The summed E-state index contributed by atoms with van der Waals surface area (Å²) in [5.74, 6) is 0.304. The molecule has 3 nitrogen and oxygen atoms in total. The summed E-state index contributed by atoms with van der Waals surface area (Å²) in [7, 11) is 0. The average molecular weight is 293 g/mol. The van der Waals surface area contributed by atoms with E-state index in [0.717, 1.165) is 23.1 Å². The highest BCUT2D eigenvalue weighted by Crippen LogP contribution is 2.19. The summed E-state index contributed by atoms with van der Waals surface area (Å²) in [5, 5.41) is 12.5. The van der Waals surface area contributed by atoms with E-state index in [4.69, 9.17) is 5.11 Å². The van der Waals surface area contributed by atoms with Crippen LogP contribution in [0.1, 0.15) is 5.56 Å². The Balaban J connectivity index is 1.88. The lowest BCUT2D eigenvalue weighted by Gasteiger charge is -2.07. The van der Waals surface area contributed by atoms with Crippen LogP contribution in [-0.2, 0) is 6.42 Å². The minimum absolute atomic E-state index is 0.304. The summed E-state index contributed by atoms with van der Waals surface area (Å²) < 4.78 is 0.964. The molecular formula is C13H13BrN2O. The number of phenolic OH excluding ortho intramolecular Hbond substituents is 1. The minimum Gasteiger partial charge on any atom is -0.508 e. The van der Waals surface area contributed by atoms with Gasteiger partial charge in [-0.25, -0.2) is 0 Å². The molecule has 0 fully saturated rings. The first-order chi connectivity index (χ1) is 8.25. The van der Waals surface area contributed by atoms with Gasteiger partial charge in [0.05, 0.1) is 10.2 Å². The lowest BCUT2D eigenvalue weighted by atomic mass is 10.1. The molecule has 0 aliphatic rings. The quantitative estimate of drug-likeness (QED) is 0.910. The van der Waals surface area contributed by atoms with Gasteiger partial charge in [-0.2, -0.15) is 0 Å². The van der Waals surface area contributed by atoms with Crippen LogP contribution in [0.5, 0.6) is 5.75 Å². The van der Waals surface area contributed by atoms with Crippen molar-refractivity contribution in [3.63, 3.8) is 0 Å². The van der Waals surface area contributed by atoms with Crippen molar-refractivity contribution >= 4 is 21.6 Å². The van der Waals surface area contributed by atoms with Crippen molar-refractivity contribution < 1.29 is 5.11 Å². The van der Waals surface area contributed by atoms with E-state index in [0.29, 0.717) is 5.75 Å². The summed E-state index contributed by atoms with van der Waals surface area (Å²) >= 11 is 3.43. The zero-order valence-corrected chi connectivity index (χ0v) is 10.8. The fourth-order valence-electron chi connectivity index (χ4n) is 1.52. The lowest BCUT2D eigenvalue weighted by molar-refractivity contribution is 0.475. The fraction of sp³-hybridized carbons (Fsp3) is 0.154. The highest BCUT2D eigenvalue weighted by atomic mass is 79.9. The van der Waals surface area contributed by atoms with E-state index >= 15 is 0 Å². The highest BCUT2D eigenvalue weighted by molar-refractivity contribution is 9.10. The number of nitrogens with one attached hydrogen (secondary N) is 1. The first kappa shape index (κ1) is 11.9. The molecule has 0 radical (unpaired) electrons. The predicted molar refractivity (Wildman–Crippen MR) is 72.2 cm³/mol. The number of rotatable bonds is 4. The van der Waals surface area contributed by atoms with Crippen molar-refractivity contribution in [3.05, 3.63) is 52.8 Å². The molecule has 0 bridgehead atoms. The zero-order chi connectivity index (χ0) is 12.1. The Morgan fingerprint density at radius 1 is 1.18 bits per heavy atom. The Morgan fingerprint density at radius 2 is 1.94 bits per heavy atom. The van der Waals surface area contributed by atoms with Gasteiger partial charge >= 0.3 is 0 Å². The number of nitrogens with zero attached hydrogens (tertiary/aromatic N) is 1. The second-order valence-electron chi connectivity index (χ2n) is 3.70. The van der Waals surface area contributed by atoms with Gasteiger partial charge in [-0.3, -0.25) is 4.98 Å². The molecule has 0 atom stereocenters. The predicted octanol–water partition coefficient (Wildman–Crippen LogP) is 3.20. The number of halogens is 1. The zero-order valence-electron chi connectivity index (χ0n) is 9.23. The molecule has 2 N–H and O–H groups in total. The third-order valence-corrected chi connectivity index (χ3v) is 3.07. The number of aromatic nitrogens is 1. The molecule has 0 saturated carbocycles. The van der Waals surface area contributed by atoms with Crippen LogP contribution in [0.3, 0.4) is 0 Å². The van der Waals surface area contributed by atoms with E-state index in [9.17, 15) is 0 Å². The molecule has 2 rings (SSSR count). The van der Waals surface area contributed by atoms with Gasteiger partial charge in [-0.15, -0.1) is 0 Å². The third-order valence-electron chi connectivity index (χ3n) is 2.44. The van der Waals surface area contributed by atoms with E-state index in [1.807, 2.05) is 18.2 Å². The summed E-state index contributed by atoms with van der Waals surface area (Å²) in [6.45, 7) is 0.841. The van der Waals surface area contributed by atoms with Crippen LogP contribution < -0.4 is 5.32 Å². The number of hydrogen-bond donors (Lipinski definition) is 2. The average Bonchev–Trinajstić information content (AvgIpc) is 2.34. The minimum atomic E-state index is 0.304. The number of benzene rings is 1. The second kappa shape index (κ2) is 5.68. The van der Waals surface area contributed by atoms with Gasteiger partial charge in [0.15, 0.2) is 0 Å². The molecule has 0 saturated heterocycles. The van der Waals surface area contributed by atoms with Gasteiger partial charge < -0.3 is 10.4 Å². The Morgan fingerprint density at radius 3 is 2.65 bits per heavy atom. The number of hydrogen-bond acceptors (Lipinski definition) is 3. The largest absolute Gasteiger partial charge is 0.508 e. The summed E-state index contributed by atoms with van der Waals surface area (Å²) in [5.41, 5.74) is 2.24. The molecule has 4 heteroatoms. The summed E-state index contributed by atoms with van der Waals surface area (Å²) in [6.07, 6.45) is 4.44. The van der Waals surface area contributed by atoms with Gasteiger partial charge in [0.2, 0.25) is 0 Å². The summed E-state index contributed by atoms with van der Waals surface area (Å²) in [4.78, 5) is 4.01. The monoisotopic (exact) mass is 292 g/mol. The van der Waals surface area contributed by atoms with Crippen molar-refractivity contribution in [3.8, 4) is 5.75 Å². The topological polar surface area (TPSA) is 45.1 Å². The van der Waals surface area contributed by atoms with Crippen LogP contribution in [0.15, 0.2) is 47.2 Å². The summed E-state index contributed by atoms with van der Waals surface area (Å²) in [6, 6.07) is 9.20. The maximum atomic E-state index is 9.17. The van der Waals surface area contributed by atoms with Crippen LogP contribution in [0, 0.1) is 0 Å². The first-order valence-electron chi connectivity index (χ1n) is 5.37. The van der Waals surface area contributed by atoms with E-state index in [2.05, 4.69) is 26.2 Å². The maximum absolute atomic E-state index is 9.17. The molecule has 1 heterocycles. The highest BCUT2D eigenvalue weighted by Gasteiger charge is 1.98. The number of phenols is 1. The molecule has 2 aromatic rings. The van der Waals surface area contributed by atoms with Gasteiger partial charge in [0.25, 0.3) is 0 Å². The van der Waals surface area contributed by atoms with E-state index in [1.165, 1.54) is 5.56 Å². The first-order valence-corrected chi connectivity index (χ1v) is 6.16. The van der Waals surface area contributed by atoms with Crippen molar-refractivity contribution in [1.29, 1.82) is 0 Å². The molecule has 0 spiro atoms. The number of pyridine rings is 1. The molecule has 0 aliphatic carbocycles. The molecule has 17 heavy (non-hydrogen) atoms.